The number of carbonyl (C=O) groups is 2. The molecule has 0 aliphatic rings. The molecule has 0 fully saturated rings. The van der Waals surface area contributed by atoms with Gasteiger partial charge in [0.25, 0.3) is 11.8 Å². The van der Waals surface area contributed by atoms with Crippen molar-refractivity contribution in [2.24, 2.45) is 0 Å². The van der Waals surface area contributed by atoms with Crippen molar-refractivity contribution in [2.75, 3.05) is 5.32 Å². The highest BCUT2D eigenvalue weighted by atomic mass is 16.3. The van der Waals surface area contributed by atoms with Gasteiger partial charge in [-0.25, -0.2) is 0 Å². The number of hydrogen-bond acceptors (Lipinski definition) is 3. The molecule has 2 aromatic carbocycles. The van der Waals surface area contributed by atoms with E-state index in [4.69, 9.17) is 4.42 Å². The Bertz CT molecular complexity index is 912. The predicted octanol–water partition coefficient (Wildman–Crippen LogP) is 4.00. The van der Waals surface area contributed by atoms with Gasteiger partial charge in [0.1, 0.15) is 11.5 Å². The Kier molecular flexibility index (Phi) is 5.29. The van der Waals surface area contributed by atoms with E-state index in [9.17, 15) is 9.59 Å². The molecule has 1 heterocycles. The van der Waals surface area contributed by atoms with Gasteiger partial charge in [-0.3, -0.25) is 9.59 Å². The van der Waals surface area contributed by atoms with Crippen LogP contribution < -0.4 is 10.6 Å². The summed E-state index contributed by atoms with van der Waals surface area (Å²) in [6.07, 6.45) is 2.99. The normalized spacial score (nSPS) is 11.0. The zero-order chi connectivity index (χ0) is 18.4. The van der Waals surface area contributed by atoms with Crippen molar-refractivity contribution in [3.05, 3.63) is 95.6 Å². The van der Waals surface area contributed by atoms with E-state index in [0.717, 1.165) is 5.56 Å². The Labute approximate surface area is 151 Å². The Morgan fingerprint density at radius 2 is 1.65 bits per heavy atom. The molecule has 0 bridgehead atoms. The molecule has 0 aliphatic heterocycles. The molecule has 0 saturated heterocycles. The molecule has 2 amide bonds. The van der Waals surface area contributed by atoms with E-state index in [0.29, 0.717) is 17.0 Å². The molecule has 2 N–H and O–H groups in total. The van der Waals surface area contributed by atoms with E-state index in [-0.39, 0.29) is 11.6 Å². The lowest BCUT2D eigenvalue weighted by Crippen LogP contribution is -2.30. The van der Waals surface area contributed by atoms with E-state index in [1.807, 2.05) is 25.1 Å². The molecule has 1 aromatic heterocycles. The third kappa shape index (κ3) is 4.48. The quantitative estimate of drug-likeness (QED) is 0.686. The summed E-state index contributed by atoms with van der Waals surface area (Å²) >= 11 is 0. The van der Waals surface area contributed by atoms with E-state index >= 15 is 0 Å². The maximum absolute atomic E-state index is 12.7. The summed E-state index contributed by atoms with van der Waals surface area (Å²) in [7, 11) is 0. The van der Waals surface area contributed by atoms with Crippen molar-refractivity contribution in [2.45, 2.75) is 6.92 Å². The second-order valence-electron chi connectivity index (χ2n) is 5.71. The van der Waals surface area contributed by atoms with Crippen molar-refractivity contribution >= 4 is 23.6 Å². The van der Waals surface area contributed by atoms with E-state index in [1.54, 1.807) is 48.5 Å². The van der Waals surface area contributed by atoms with Gasteiger partial charge in [0.2, 0.25) is 0 Å². The van der Waals surface area contributed by atoms with Gasteiger partial charge in [-0.1, -0.05) is 35.9 Å². The van der Waals surface area contributed by atoms with Gasteiger partial charge in [0.05, 0.1) is 6.26 Å². The van der Waals surface area contributed by atoms with Crippen molar-refractivity contribution in [3.8, 4) is 0 Å². The van der Waals surface area contributed by atoms with E-state index in [1.165, 1.54) is 12.3 Å². The minimum atomic E-state index is -0.436. The second kappa shape index (κ2) is 7.98. The molecule has 0 unspecified atom stereocenters. The number of benzene rings is 2. The topological polar surface area (TPSA) is 71.3 Å². The first-order chi connectivity index (χ1) is 12.6. The SMILES string of the molecule is Cc1ccc(NC(=O)C(=Cc2ccco2)NC(=O)c2ccccc2)cc1. The zero-order valence-electron chi connectivity index (χ0n) is 14.2. The second-order valence-corrected chi connectivity index (χ2v) is 5.71. The van der Waals surface area contributed by atoms with Gasteiger partial charge >= 0.3 is 0 Å². The number of hydrogen-bond donors (Lipinski definition) is 2. The first-order valence-corrected chi connectivity index (χ1v) is 8.11. The number of carbonyl (C=O) groups excluding carboxylic acids is 2. The van der Waals surface area contributed by atoms with Crippen LogP contribution in [0.2, 0.25) is 0 Å². The molecule has 0 aliphatic carbocycles. The number of nitrogens with one attached hydrogen (secondary N) is 2. The third-order valence-corrected chi connectivity index (χ3v) is 3.67. The van der Waals surface area contributed by atoms with Gasteiger partial charge in [0.15, 0.2) is 0 Å². The van der Waals surface area contributed by atoms with Crippen LogP contribution in [0.4, 0.5) is 5.69 Å². The molecule has 0 saturated carbocycles. The lowest BCUT2D eigenvalue weighted by molar-refractivity contribution is -0.113. The average Bonchev–Trinajstić information content (AvgIpc) is 3.17. The summed E-state index contributed by atoms with van der Waals surface area (Å²) in [4.78, 5) is 25.1. The van der Waals surface area contributed by atoms with E-state index in [2.05, 4.69) is 10.6 Å². The van der Waals surface area contributed by atoms with Crippen molar-refractivity contribution in [3.63, 3.8) is 0 Å². The zero-order valence-corrected chi connectivity index (χ0v) is 14.2. The van der Waals surface area contributed by atoms with Crippen LogP contribution in [0.1, 0.15) is 21.7 Å². The number of amides is 2. The molecule has 3 rings (SSSR count). The minimum absolute atomic E-state index is 0.0920. The Hall–Kier alpha value is -3.60. The number of aryl methyl sites for hydroxylation is 1. The van der Waals surface area contributed by atoms with Crippen LogP contribution in [0.15, 0.2) is 83.1 Å². The lowest BCUT2D eigenvalue weighted by atomic mass is 10.2. The predicted molar refractivity (Wildman–Crippen MR) is 100 cm³/mol. The van der Waals surface area contributed by atoms with Gasteiger partial charge in [0, 0.05) is 17.3 Å². The molecule has 0 radical (unpaired) electrons. The summed E-state index contributed by atoms with van der Waals surface area (Å²) in [6, 6.07) is 19.5. The summed E-state index contributed by atoms with van der Waals surface area (Å²) in [5.41, 5.74) is 2.28. The smallest absolute Gasteiger partial charge is 0.272 e. The molecule has 130 valence electrons. The van der Waals surface area contributed by atoms with Crippen LogP contribution in [-0.2, 0) is 4.79 Å². The molecule has 5 heteroatoms. The molecular formula is C21H18N2O3. The van der Waals surface area contributed by atoms with Gasteiger partial charge in [-0.2, -0.15) is 0 Å². The molecule has 3 aromatic rings. The molecule has 5 nitrogen and oxygen atoms in total. The molecular weight excluding hydrogens is 328 g/mol. The third-order valence-electron chi connectivity index (χ3n) is 3.67. The van der Waals surface area contributed by atoms with Gasteiger partial charge in [-0.05, 0) is 43.3 Å². The highest BCUT2D eigenvalue weighted by molar-refractivity contribution is 6.10. The molecule has 26 heavy (non-hydrogen) atoms. The van der Waals surface area contributed by atoms with E-state index < -0.39 is 5.91 Å². The van der Waals surface area contributed by atoms with Crippen LogP contribution in [0.3, 0.4) is 0 Å². The van der Waals surface area contributed by atoms with Crippen molar-refractivity contribution in [1.82, 2.24) is 5.32 Å². The Morgan fingerprint density at radius 3 is 2.31 bits per heavy atom. The average molecular weight is 346 g/mol. The first-order valence-electron chi connectivity index (χ1n) is 8.11. The summed E-state index contributed by atoms with van der Waals surface area (Å²) in [5.74, 6) is -0.343. The monoisotopic (exact) mass is 346 g/mol. The fourth-order valence-corrected chi connectivity index (χ4v) is 2.29. The number of rotatable bonds is 5. The highest BCUT2D eigenvalue weighted by Crippen LogP contribution is 2.12. The highest BCUT2D eigenvalue weighted by Gasteiger charge is 2.15. The summed E-state index contributed by atoms with van der Waals surface area (Å²) < 4.78 is 5.26. The molecule has 0 spiro atoms. The summed E-state index contributed by atoms with van der Waals surface area (Å²) in [6.45, 7) is 1.97. The van der Waals surface area contributed by atoms with Crippen molar-refractivity contribution < 1.29 is 14.0 Å². The Balaban J connectivity index is 1.82. The van der Waals surface area contributed by atoms with Crippen LogP contribution in [-0.4, -0.2) is 11.8 Å². The Morgan fingerprint density at radius 1 is 0.923 bits per heavy atom. The van der Waals surface area contributed by atoms with Crippen LogP contribution in [0, 0.1) is 6.92 Å². The first kappa shape index (κ1) is 17.2. The molecule has 0 atom stereocenters. The van der Waals surface area contributed by atoms with Crippen molar-refractivity contribution in [1.29, 1.82) is 0 Å². The number of furan rings is 1. The fourth-order valence-electron chi connectivity index (χ4n) is 2.29. The maximum atomic E-state index is 12.7. The number of anilines is 1. The minimum Gasteiger partial charge on any atom is -0.465 e. The van der Waals surface area contributed by atoms with Gasteiger partial charge < -0.3 is 15.1 Å². The largest absolute Gasteiger partial charge is 0.465 e. The van der Waals surface area contributed by atoms with Gasteiger partial charge in [-0.15, -0.1) is 0 Å². The summed E-state index contributed by atoms with van der Waals surface area (Å²) in [5, 5.41) is 5.43. The standard InChI is InChI=1S/C21H18N2O3/c1-15-9-11-17(12-10-15)22-21(25)19(14-18-8-5-13-26-18)23-20(24)16-6-3-2-4-7-16/h2-14H,1H3,(H,22,25)(H,23,24). The maximum Gasteiger partial charge on any atom is 0.272 e. The lowest BCUT2D eigenvalue weighted by Gasteiger charge is -2.11. The fraction of sp³-hybridized carbons (Fsp3) is 0.0476. The van der Waals surface area contributed by atoms with Crippen LogP contribution >= 0.6 is 0 Å². The van der Waals surface area contributed by atoms with Crippen LogP contribution in [0.5, 0.6) is 0 Å². The van der Waals surface area contributed by atoms with Crippen LogP contribution in [0.25, 0.3) is 6.08 Å².